The molecule has 0 bridgehead atoms. The van der Waals surface area contributed by atoms with Crippen LogP contribution in [-0.4, -0.2) is 42.9 Å². The van der Waals surface area contributed by atoms with Crippen molar-refractivity contribution in [3.05, 3.63) is 65.2 Å². The van der Waals surface area contributed by atoms with Gasteiger partial charge in [-0.25, -0.2) is 0 Å². The highest BCUT2D eigenvalue weighted by atomic mass is 16.2. The van der Waals surface area contributed by atoms with E-state index in [9.17, 15) is 9.59 Å². The molecule has 1 aliphatic rings. The third-order valence-corrected chi connectivity index (χ3v) is 5.95. The largest absolute Gasteiger partial charge is 0.346 e. The van der Waals surface area contributed by atoms with E-state index < -0.39 is 0 Å². The van der Waals surface area contributed by atoms with Gasteiger partial charge in [0, 0.05) is 5.69 Å². The zero-order valence-corrected chi connectivity index (χ0v) is 18.1. The van der Waals surface area contributed by atoms with Crippen LogP contribution in [0.15, 0.2) is 48.5 Å². The number of para-hydroxylation sites is 1. The standard InChI is InChI=1S/C25H33N3O2/c1-19-7-6-8-20(2)25(19)27-23(29)17-26-24(30)18-28-15-13-22(14-16-28)12-11-21-9-4-3-5-10-21/h3-10,22H,11-18H2,1-2H3,(H,26,30)(H,27,29). The van der Waals surface area contributed by atoms with Crippen molar-refractivity contribution in [2.24, 2.45) is 5.92 Å². The summed E-state index contributed by atoms with van der Waals surface area (Å²) in [6.45, 7) is 6.18. The van der Waals surface area contributed by atoms with Gasteiger partial charge in [-0.1, -0.05) is 48.5 Å². The molecule has 2 amide bonds. The van der Waals surface area contributed by atoms with Gasteiger partial charge < -0.3 is 10.6 Å². The number of anilines is 1. The number of aryl methyl sites for hydroxylation is 3. The Bertz CT molecular complexity index is 822. The number of rotatable bonds is 8. The minimum Gasteiger partial charge on any atom is -0.346 e. The molecule has 2 aromatic rings. The van der Waals surface area contributed by atoms with Crippen molar-refractivity contribution in [2.75, 3.05) is 31.5 Å². The maximum atomic E-state index is 12.3. The Morgan fingerprint density at radius 1 is 0.933 bits per heavy atom. The van der Waals surface area contributed by atoms with Gasteiger partial charge in [-0.15, -0.1) is 0 Å². The number of piperidine rings is 1. The van der Waals surface area contributed by atoms with Gasteiger partial charge in [-0.3, -0.25) is 14.5 Å². The van der Waals surface area contributed by atoms with Crippen molar-refractivity contribution in [3.8, 4) is 0 Å². The van der Waals surface area contributed by atoms with E-state index in [1.165, 1.54) is 12.0 Å². The van der Waals surface area contributed by atoms with Crippen LogP contribution in [0, 0.1) is 19.8 Å². The quantitative estimate of drug-likeness (QED) is 0.701. The summed E-state index contributed by atoms with van der Waals surface area (Å²) in [6.07, 6.45) is 4.60. The summed E-state index contributed by atoms with van der Waals surface area (Å²) in [7, 11) is 0. The fourth-order valence-electron chi connectivity index (χ4n) is 4.08. The van der Waals surface area contributed by atoms with Crippen molar-refractivity contribution < 1.29 is 9.59 Å². The Labute approximate surface area is 179 Å². The normalized spacial score (nSPS) is 15.0. The van der Waals surface area contributed by atoms with Crippen LogP contribution in [0.3, 0.4) is 0 Å². The summed E-state index contributed by atoms with van der Waals surface area (Å²) in [6, 6.07) is 16.5. The first kappa shape index (κ1) is 22.0. The summed E-state index contributed by atoms with van der Waals surface area (Å²) in [5.74, 6) is 0.447. The Morgan fingerprint density at radius 2 is 1.60 bits per heavy atom. The average Bonchev–Trinajstić information content (AvgIpc) is 2.75. The first-order chi connectivity index (χ1) is 14.5. The lowest BCUT2D eigenvalue weighted by molar-refractivity contribution is -0.125. The van der Waals surface area contributed by atoms with Crippen LogP contribution in [-0.2, 0) is 16.0 Å². The van der Waals surface area contributed by atoms with E-state index in [1.807, 2.05) is 32.0 Å². The molecule has 30 heavy (non-hydrogen) atoms. The van der Waals surface area contributed by atoms with E-state index in [4.69, 9.17) is 0 Å². The van der Waals surface area contributed by atoms with Gasteiger partial charge in [0.05, 0.1) is 13.1 Å². The highest BCUT2D eigenvalue weighted by Crippen LogP contribution is 2.22. The number of nitrogens with zero attached hydrogens (tertiary/aromatic N) is 1. The number of carbonyl (C=O) groups excluding carboxylic acids is 2. The van der Waals surface area contributed by atoms with E-state index in [-0.39, 0.29) is 18.4 Å². The maximum Gasteiger partial charge on any atom is 0.243 e. The first-order valence-corrected chi connectivity index (χ1v) is 10.9. The summed E-state index contributed by atoms with van der Waals surface area (Å²) < 4.78 is 0. The van der Waals surface area contributed by atoms with Crippen molar-refractivity contribution in [1.82, 2.24) is 10.2 Å². The molecule has 1 heterocycles. The summed E-state index contributed by atoms with van der Waals surface area (Å²) >= 11 is 0. The van der Waals surface area contributed by atoms with Crippen LogP contribution in [0.1, 0.15) is 36.0 Å². The molecular formula is C25H33N3O2. The smallest absolute Gasteiger partial charge is 0.243 e. The second-order valence-corrected chi connectivity index (χ2v) is 8.34. The molecule has 5 heteroatoms. The molecule has 0 atom stereocenters. The number of hydrogen-bond donors (Lipinski definition) is 2. The third-order valence-electron chi connectivity index (χ3n) is 5.95. The maximum absolute atomic E-state index is 12.3. The molecule has 1 saturated heterocycles. The zero-order valence-electron chi connectivity index (χ0n) is 18.1. The molecule has 0 spiro atoms. The van der Waals surface area contributed by atoms with Gasteiger partial charge in [-0.05, 0) is 75.2 Å². The van der Waals surface area contributed by atoms with Crippen LogP contribution in [0.25, 0.3) is 0 Å². The molecule has 0 radical (unpaired) electrons. The van der Waals surface area contributed by atoms with Crippen LogP contribution in [0.2, 0.25) is 0 Å². The van der Waals surface area contributed by atoms with E-state index in [0.717, 1.165) is 55.1 Å². The topological polar surface area (TPSA) is 61.4 Å². The number of benzene rings is 2. The summed E-state index contributed by atoms with van der Waals surface area (Å²) in [5, 5.41) is 5.66. The Kier molecular flexibility index (Phi) is 8.03. The minimum absolute atomic E-state index is 0.000147. The zero-order chi connectivity index (χ0) is 21.3. The molecule has 160 valence electrons. The number of nitrogens with one attached hydrogen (secondary N) is 2. The lowest BCUT2D eigenvalue weighted by atomic mass is 9.90. The minimum atomic E-state index is -0.194. The summed E-state index contributed by atoms with van der Waals surface area (Å²) in [5.41, 5.74) is 4.27. The molecule has 0 aromatic heterocycles. The van der Waals surface area contributed by atoms with Gasteiger partial charge >= 0.3 is 0 Å². The van der Waals surface area contributed by atoms with Crippen molar-refractivity contribution in [1.29, 1.82) is 0 Å². The van der Waals surface area contributed by atoms with Crippen LogP contribution in [0.5, 0.6) is 0 Å². The second kappa shape index (κ2) is 10.9. The van der Waals surface area contributed by atoms with E-state index >= 15 is 0 Å². The molecule has 5 nitrogen and oxygen atoms in total. The molecule has 2 aromatic carbocycles. The monoisotopic (exact) mass is 407 g/mol. The number of carbonyl (C=O) groups is 2. The Balaban J connectivity index is 1.33. The van der Waals surface area contributed by atoms with E-state index in [2.05, 4.69) is 45.9 Å². The number of amides is 2. The molecule has 1 aliphatic heterocycles. The van der Waals surface area contributed by atoms with Crippen LogP contribution < -0.4 is 10.6 Å². The second-order valence-electron chi connectivity index (χ2n) is 8.34. The van der Waals surface area contributed by atoms with Gasteiger partial charge in [-0.2, -0.15) is 0 Å². The summed E-state index contributed by atoms with van der Waals surface area (Å²) in [4.78, 5) is 26.7. The molecule has 2 N–H and O–H groups in total. The van der Waals surface area contributed by atoms with Crippen LogP contribution >= 0.6 is 0 Å². The Morgan fingerprint density at radius 3 is 2.27 bits per heavy atom. The molecule has 0 saturated carbocycles. The van der Waals surface area contributed by atoms with Crippen LogP contribution in [0.4, 0.5) is 5.69 Å². The van der Waals surface area contributed by atoms with Crippen molar-refractivity contribution in [3.63, 3.8) is 0 Å². The van der Waals surface area contributed by atoms with Gasteiger partial charge in [0.15, 0.2) is 0 Å². The molecule has 3 rings (SSSR count). The lowest BCUT2D eigenvalue weighted by Gasteiger charge is -2.31. The lowest BCUT2D eigenvalue weighted by Crippen LogP contribution is -2.43. The van der Waals surface area contributed by atoms with E-state index in [1.54, 1.807) is 0 Å². The number of likely N-dealkylation sites (tertiary alicyclic amines) is 1. The molecular weight excluding hydrogens is 374 g/mol. The SMILES string of the molecule is Cc1cccc(C)c1NC(=O)CNC(=O)CN1CCC(CCc2ccccc2)CC1. The number of hydrogen-bond acceptors (Lipinski definition) is 3. The fourth-order valence-corrected chi connectivity index (χ4v) is 4.08. The third kappa shape index (κ3) is 6.70. The highest BCUT2D eigenvalue weighted by Gasteiger charge is 2.21. The van der Waals surface area contributed by atoms with Crippen molar-refractivity contribution >= 4 is 17.5 Å². The first-order valence-electron chi connectivity index (χ1n) is 10.9. The van der Waals surface area contributed by atoms with Crippen molar-refractivity contribution in [2.45, 2.75) is 39.5 Å². The van der Waals surface area contributed by atoms with Gasteiger partial charge in [0.1, 0.15) is 0 Å². The average molecular weight is 408 g/mol. The predicted molar refractivity (Wildman–Crippen MR) is 121 cm³/mol. The molecule has 1 fully saturated rings. The Hall–Kier alpha value is -2.66. The predicted octanol–water partition coefficient (Wildman–Crippen LogP) is 3.70. The van der Waals surface area contributed by atoms with Gasteiger partial charge in [0.2, 0.25) is 11.8 Å². The highest BCUT2D eigenvalue weighted by molar-refractivity contribution is 5.95. The fraction of sp³-hybridized carbons (Fsp3) is 0.440. The van der Waals surface area contributed by atoms with E-state index in [0.29, 0.717) is 6.54 Å². The molecule has 0 unspecified atom stereocenters. The molecule has 0 aliphatic carbocycles. The van der Waals surface area contributed by atoms with Gasteiger partial charge in [0.25, 0.3) is 0 Å².